The summed E-state index contributed by atoms with van der Waals surface area (Å²) < 4.78 is 0. The molecular weight excluding hydrogens is 342 g/mol. The number of hydrogen-bond acceptors (Lipinski definition) is 4. The van der Waals surface area contributed by atoms with Crippen molar-refractivity contribution in [3.05, 3.63) is 11.1 Å². The maximum absolute atomic E-state index is 12.7. The minimum atomic E-state index is -0.212. The lowest BCUT2D eigenvalue weighted by molar-refractivity contribution is -0.125. The second kappa shape index (κ2) is 8.74. The number of hydrogen-bond donors (Lipinski definition) is 4. The number of carbonyl (C=O) groups is 2. The molecule has 2 fully saturated rings. The van der Waals surface area contributed by atoms with Crippen LogP contribution in [-0.4, -0.2) is 48.2 Å². The number of carbonyl (C=O) groups excluding carboxylic acids is 2. The Hall–Kier alpha value is -1.40. The third-order valence-electron chi connectivity index (χ3n) is 6.89. The highest BCUT2D eigenvalue weighted by molar-refractivity contribution is 6.00. The normalized spacial score (nSPS) is 35.3. The fraction of sp³-hybridized carbons (Fsp3) is 0.810. The highest BCUT2D eigenvalue weighted by Gasteiger charge is 2.39. The first-order chi connectivity index (χ1) is 12.9. The lowest BCUT2D eigenvalue weighted by Crippen LogP contribution is -2.57. The molecule has 1 saturated carbocycles. The van der Waals surface area contributed by atoms with Gasteiger partial charge in [0, 0.05) is 23.6 Å². The van der Waals surface area contributed by atoms with Gasteiger partial charge < -0.3 is 21.1 Å². The Balaban J connectivity index is 1.66. The van der Waals surface area contributed by atoms with Gasteiger partial charge in [-0.05, 0) is 51.5 Å². The van der Waals surface area contributed by atoms with Gasteiger partial charge in [-0.15, -0.1) is 0 Å². The van der Waals surface area contributed by atoms with E-state index in [0.717, 1.165) is 37.8 Å². The SMILES string of the molecule is CC1=C(CC(=O)N[C@H](CO)C2CCCC(C)C2)C(=O)NC2CCNC(C)C12. The van der Waals surface area contributed by atoms with Gasteiger partial charge in [0.1, 0.15) is 0 Å². The number of amides is 2. The van der Waals surface area contributed by atoms with Crippen molar-refractivity contribution >= 4 is 11.8 Å². The van der Waals surface area contributed by atoms with Crippen LogP contribution in [-0.2, 0) is 9.59 Å². The highest BCUT2D eigenvalue weighted by atomic mass is 16.3. The van der Waals surface area contributed by atoms with Gasteiger partial charge in [-0.25, -0.2) is 0 Å². The zero-order chi connectivity index (χ0) is 19.6. The third-order valence-corrected chi connectivity index (χ3v) is 6.89. The average Bonchev–Trinajstić information content (AvgIpc) is 2.63. The Kier molecular flexibility index (Phi) is 6.58. The highest BCUT2D eigenvalue weighted by Crippen LogP contribution is 2.33. The first-order valence-corrected chi connectivity index (χ1v) is 10.5. The number of aliphatic hydroxyl groups excluding tert-OH is 1. The minimum Gasteiger partial charge on any atom is -0.394 e. The molecule has 6 heteroatoms. The standard InChI is InChI=1S/C21H35N3O3/c1-12-5-4-6-15(9-12)18(11-25)23-19(26)10-16-13(2)20-14(3)22-8-7-17(20)24-21(16)27/h12,14-15,17-18,20,22,25H,4-11H2,1-3H3,(H,23,26)(H,24,27)/t12?,14?,15?,17?,18-,20?/m1/s1. The van der Waals surface area contributed by atoms with Crippen LogP contribution in [0, 0.1) is 17.8 Å². The molecule has 3 aliphatic rings. The van der Waals surface area contributed by atoms with E-state index < -0.39 is 0 Å². The van der Waals surface area contributed by atoms with Crippen molar-refractivity contribution in [2.75, 3.05) is 13.2 Å². The molecule has 152 valence electrons. The van der Waals surface area contributed by atoms with E-state index in [4.69, 9.17) is 0 Å². The summed E-state index contributed by atoms with van der Waals surface area (Å²) in [6.07, 6.45) is 5.48. The molecule has 1 aliphatic carbocycles. The molecule has 0 aromatic heterocycles. The molecule has 0 aromatic rings. The van der Waals surface area contributed by atoms with E-state index in [-0.39, 0.29) is 48.9 Å². The van der Waals surface area contributed by atoms with Gasteiger partial charge >= 0.3 is 0 Å². The van der Waals surface area contributed by atoms with Crippen LogP contribution >= 0.6 is 0 Å². The lowest BCUT2D eigenvalue weighted by Gasteiger charge is -2.42. The quantitative estimate of drug-likeness (QED) is 0.584. The van der Waals surface area contributed by atoms with E-state index in [9.17, 15) is 14.7 Å². The van der Waals surface area contributed by atoms with Crippen LogP contribution in [0.3, 0.4) is 0 Å². The third kappa shape index (κ3) is 4.54. The number of aliphatic hydroxyl groups is 1. The predicted molar refractivity (Wildman–Crippen MR) is 105 cm³/mol. The minimum absolute atomic E-state index is 0.0427. The van der Waals surface area contributed by atoms with E-state index >= 15 is 0 Å². The molecule has 6 nitrogen and oxygen atoms in total. The fourth-order valence-corrected chi connectivity index (χ4v) is 5.39. The van der Waals surface area contributed by atoms with Crippen molar-refractivity contribution in [2.45, 2.75) is 77.4 Å². The van der Waals surface area contributed by atoms with E-state index in [1.54, 1.807) is 0 Å². The van der Waals surface area contributed by atoms with Crippen molar-refractivity contribution in [3.8, 4) is 0 Å². The fourth-order valence-electron chi connectivity index (χ4n) is 5.39. The molecule has 0 radical (unpaired) electrons. The molecule has 1 saturated heterocycles. The molecule has 2 amide bonds. The van der Waals surface area contributed by atoms with Gasteiger partial charge in [-0.3, -0.25) is 9.59 Å². The Morgan fingerprint density at radius 3 is 2.78 bits per heavy atom. The summed E-state index contributed by atoms with van der Waals surface area (Å²) in [6, 6.07) is 0.238. The molecular formula is C21H35N3O3. The second-order valence-electron chi connectivity index (χ2n) is 8.86. The lowest BCUT2D eigenvalue weighted by atomic mass is 9.76. The average molecular weight is 378 g/mol. The van der Waals surface area contributed by atoms with Crippen molar-refractivity contribution < 1.29 is 14.7 Å². The van der Waals surface area contributed by atoms with Gasteiger partial charge in [0.2, 0.25) is 11.8 Å². The summed E-state index contributed by atoms with van der Waals surface area (Å²) >= 11 is 0. The molecule has 0 spiro atoms. The summed E-state index contributed by atoms with van der Waals surface area (Å²) in [5.41, 5.74) is 1.63. The van der Waals surface area contributed by atoms with Crippen molar-refractivity contribution in [2.24, 2.45) is 17.8 Å². The molecule has 6 atom stereocenters. The maximum Gasteiger partial charge on any atom is 0.247 e. The van der Waals surface area contributed by atoms with Gasteiger partial charge in [-0.2, -0.15) is 0 Å². The van der Waals surface area contributed by atoms with Crippen molar-refractivity contribution in [1.82, 2.24) is 16.0 Å². The van der Waals surface area contributed by atoms with Crippen molar-refractivity contribution in [1.29, 1.82) is 0 Å². The van der Waals surface area contributed by atoms with Crippen LogP contribution in [0.25, 0.3) is 0 Å². The summed E-state index contributed by atoms with van der Waals surface area (Å²) in [4.78, 5) is 25.3. The molecule has 27 heavy (non-hydrogen) atoms. The van der Waals surface area contributed by atoms with Gasteiger partial charge in [-0.1, -0.05) is 25.3 Å². The van der Waals surface area contributed by atoms with Gasteiger partial charge in [0.15, 0.2) is 0 Å². The van der Waals surface area contributed by atoms with Crippen LogP contribution in [0.4, 0.5) is 0 Å². The molecule has 0 aromatic carbocycles. The predicted octanol–water partition coefficient (Wildman–Crippen LogP) is 1.49. The van der Waals surface area contributed by atoms with Crippen LogP contribution in [0.15, 0.2) is 11.1 Å². The summed E-state index contributed by atoms with van der Waals surface area (Å²) in [7, 11) is 0. The summed E-state index contributed by atoms with van der Waals surface area (Å²) in [5, 5.41) is 19.4. The van der Waals surface area contributed by atoms with Gasteiger partial charge in [0.25, 0.3) is 0 Å². The Bertz CT molecular complexity index is 603. The van der Waals surface area contributed by atoms with Crippen LogP contribution in [0.5, 0.6) is 0 Å². The van der Waals surface area contributed by atoms with E-state index in [0.29, 0.717) is 17.4 Å². The monoisotopic (exact) mass is 377 g/mol. The first kappa shape index (κ1) is 20.3. The van der Waals surface area contributed by atoms with Crippen molar-refractivity contribution in [3.63, 3.8) is 0 Å². The zero-order valence-electron chi connectivity index (χ0n) is 16.9. The smallest absolute Gasteiger partial charge is 0.247 e. The number of piperidine rings is 1. The Morgan fingerprint density at radius 1 is 1.30 bits per heavy atom. The van der Waals surface area contributed by atoms with E-state index in [2.05, 4.69) is 29.8 Å². The molecule has 5 unspecified atom stereocenters. The van der Waals surface area contributed by atoms with E-state index in [1.165, 1.54) is 6.42 Å². The Morgan fingerprint density at radius 2 is 2.07 bits per heavy atom. The molecule has 2 heterocycles. The van der Waals surface area contributed by atoms with Crippen LogP contribution in [0.2, 0.25) is 0 Å². The van der Waals surface area contributed by atoms with E-state index in [1.807, 2.05) is 6.92 Å². The molecule has 2 aliphatic heterocycles. The molecule has 4 N–H and O–H groups in total. The van der Waals surface area contributed by atoms with Gasteiger partial charge in [0.05, 0.1) is 19.1 Å². The molecule has 0 bridgehead atoms. The summed E-state index contributed by atoms with van der Waals surface area (Å²) in [6.45, 7) is 7.23. The van der Waals surface area contributed by atoms with Crippen LogP contribution in [0.1, 0.15) is 59.3 Å². The number of nitrogens with one attached hydrogen (secondary N) is 3. The Labute approximate surface area is 162 Å². The number of fused-ring (bicyclic) bond motifs is 1. The topological polar surface area (TPSA) is 90.5 Å². The maximum atomic E-state index is 12.7. The molecule has 3 rings (SSSR count). The second-order valence-corrected chi connectivity index (χ2v) is 8.86. The van der Waals surface area contributed by atoms with Crippen LogP contribution < -0.4 is 16.0 Å². The zero-order valence-corrected chi connectivity index (χ0v) is 16.9. The first-order valence-electron chi connectivity index (χ1n) is 10.5. The largest absolute Gasteiger partial charge is 0.394 e. The summed E-state index contributed by atoms with van der Waals surface area (Å²) in [5.74, 6) is 0.939. The number of rotatable bonds is 5.